The van der Waals surface area contributed by atoms with Crippen LogP contribution in [0.4, 0.5) is 5.69 Å². The molecule has 11 nitrogen and oxygen atoms in total. The number of carbonyl (C=O) groups excluding carboxylic acids is 2. The topological polar surface area (TPSA) is 136 Å². The number of rotatable bonds is 5. The molecule has 5 aromatic rings. The van der Waals surface area contributed by atoms with Crippen LogP contribution >= 0.6 is 0 Å². The summed E-state index contributed by atoms with van der Waals surface area (Å²) in [6, 6.07) is 9.55. The molecule has 0 saturated carbocycles. The number of amides is 2. The van der Waals surface area contributed by atoms with Crippen LogP contribution in [0.25, 0.3) is 44.7 Å². The smallest absolute Gasteiger partial charge is 0.256 e. The minimum Gasteiger partial charge on any atom is -0.339 e. The molecule has 2 aliphatic heterocycles. The zero-order valence-electron chi connectivity index (χ0n) is 22.9. The second-order valence-electron chi connectivity index (χ2n) is 11.0. The van der Waals surface area contributed by atoms with E-state index in [0.29, 0.717) is 33.9 Å². The number of aromatic nitrogens is 6. The number of anilines is 1. The molecule has 2 aliphatic rings. The van der Waals surface area contributed by atoms with Gasteiger partial charge in [0.05, 0.1) is 28.4 Å². The van der Waals surface area contributed by atoms with Gasteiger partial charge in [-0.15, -0.1) is 0 Å². The Kier molecular flexibility index (Phi) is 6.43. The van der Waals surface area contributed by atoms with Gasteiger partial charge in [0, 0.05) is 42.5 Å². The second kappa shape index (κ2) is 10.4. The van der Waals surface area contributed by atoms with Crippen LogP contribution in [-0.2, 0) is 4.79 Å². The third kappa shape index (κ3) is 4.82. The Morgan fingerprint density at radius 1 is 1.00 bits per heavy atom. The molecule has 11 heteroatoms. The van der Waals surface area contributed by atoms with Gasteiger partial charge in [-0.1, -0.05) is 6.07 Å². The van der Waals surface area contributed by atoms with E-state index < -0.39 is 0 Å². The first-order valence-electron chi connectivity index (χ1n) is 14.1. The number of hydrogen-bond donors (Lipinski definition) is 3. The summed E-state index contributed by atoms with van der Waals surface area (Å²) in [6.07, 6.45) is 8.95. The van der Waals surface area contributed by atoms with Crippen LogP contribution in [0.5, 0.6) is 0 Å². The minimum absolute atomic E-state index is 0.0105. The van der Waals surface area contributed by atoms with Gasteiger partial charge in [0.1, 0.15) is 11.2 Å². The Bertz CT molecular complexity index is 1760. The van der Waals surface area contributed by atoms with Gasteiger partial charge in [-0.3, -0.25) is 19.7 Å². The molecule has 0 aliphatic carbocycles. The monoisotopic (exact) mass is 549 g/mol. The molecule has 4 aromatic heterocycles. The molecule has 41 heavy (non-hydrogen) atoms. The van der Waals surface area contributed by atoms with Crippen molar-refractivity contribution in [3.8, 4) is 22.6 Å². The number of carbonyl (C=O) groups is 2. The number of nitrogens with zero attached hydrogens (tertiary/aromatic N) is 6. The summed E-state index contributed by atoms with van der Waals surface area (Å²) >= 11 is 0. The largest absolute Gasteiger partial charge is 0.339 e. The van der Waals surface area contributed by atoms with Gasteiger partial charge >= 0.3 is 0 Å². The number of fused-ring (bicyclic) bond motifs is 2. The molecule has 3 N–H and O–H groups in total. The SMILES string of the molecule is CN1CCC(C(=O)Nc2cncc(-c3cnc4n[nH]c(-c5nc6c(C(=O)N7CCCC7)cccc6[nH]5)c4c3)c2)CC1. The van der Waals surface area contributed by atoms with Crippen LogP contribution in [0, 0.1) is 5.92 Å². The van der Waals surface area contributed by atoms with E-state index in [1.54, 1.807) is 18.6 Å². The van der Waals surface area contributed by atoms with Gasteiger partial charge in [-0.25, -0.2) is 9.97 Å². The molecule has 0 spiro atoms. The number of pyridine rings is 2. The highest BCUT2D eigenvalue weighted by Crippen LogP contribution is 2.31. The first kappa shape index (κ1) is 25.3. The van der Waals surface area contributed by atoms with Crippen molar-refractivity contribution >= 4 is 39.6 Å². The van der Waals surface area contributed by atoms with Crippen molar-refractivity contribution in [2.45, 2.75) is 25.7 Å². The van der Waals surface area contributed by atoms with Crippen molar-refractivity contribution in [2.24, 2.45) is 5.92 Å². The summed E-state index contributed by atoms with van der Waals surface area (Å²) in [5.74, 6) is 0.645. The van der Waals surface area contributed by atoms with E-state index in [-0.39, 0.29) is 17.7 Å². The summed E-state index contributed by atoms with van der Waals surface area (Å²) in [5.41, 5.74) is 5.59. The first-order valence-corrected chi connectivity index (χ1v) is 14.1. The van der Waals surface area contributed by atoms with E-state index in [0.717, 1.165) is 73.9 Å². The average molecular weight is 550 g/mol. The molecule has 0 atom stereocenters. The Balaban J connectivity index is 1.18. The fourth-order valence-corrected chi connectivity index (χ4v) is 5.83. The van der Waals surface area contributed by atoms with Crippen LogP contribution in [-0.4, -0.2) is 85.0 Å². The average Bonchev–Trinajstić information content (AvgIpc) is 3.76. The standard InChI is InChI=1S/C30H31N9O2/c1-38-11-7-18(8-12-38)29(40)33-21-13-19(15-31-17-21)20-14-23-26(36-37-27(23)32-16-20)28-34-24-6-4-5-22(25(24)35-28)30(41)39-9-2-3-10-39/h4-6,13-18H,2-3,7-12H2,1H3,(H,33,40)(H,34,35)(H,32,36,37). The number of nitrogens with one attached hydrogen (secondary N) is 3. The Hall–Kier alpha value is -4.64. The van der Waals surface area contributed by atoms with Gasteiger partial charge < -0.3 is 20.1 Å². The van der Waals surface area contributed by atoms with Crippen molar-refractivity contribution in [1.29, 1.82) is 0 Å². The number of hydrogen-bond acceptors (Lipinski definition) is 7. The Labute approximate surface area is 236 Å². The lowest BCUT2D eigenvalue weighted by Crippen LogP contribution is -2.35. The highest BCUT2D eigenvalue weighted by Gasteiger charge is 2.25. The molecule has 208 valence electrons. The predicted octanol–water partition coefficient (Wildman–Crippen LogP) is 4.08. The number of imidazole rings is 1. The molecule has 1 aromatic carbocycles. The highest BCUT2D eigenvalue weighted by atomic mass is 16.2. The maximum atomic E-state index is 13.2. The van der Waals surface area contributed by atoms with Gasteiger partial charge in [0.15, 0.2) is 11.5 Å². The lowest BCUT2D eigenvalue weighted by Gasteiger charge is -2.28. The maximum Gasteiger partial charge on any atom is 0.256 e. The molecule has 6 heterocycles. The highest BCUT2D eigenvalue weighted by molar-refractivity contribution is 6.06. The zero-order valence-corrected chi connectivity index (χ0v) is 22.9. The number of aromatic amines is 2. The summed E-state index contributed by atoms with van der Waals surface area (Å²) < 4.78 is 0. The zero-order chi connectivity index (χ0) is 27.9. The van der Waals surface area contributed by atoms with Gasteiger partial charge in [-0.05, 0) is 70.1 Å². The van der Waals surface area contributed by atoms with Gasteiger partial charge in [0.25, 0.3) is 5.91 Å². The number of piperidine rings is 1. The molecule has 0 unspecified atom stereocenters. The third-order valence-corrected chi connectivity index (χ3v) is 8.21. The van der Waals surface area contributed by atoms with Crippen molar-refractivity contribution in [2.75, 3.05) is 38.5 Å². The minimum atomic E-state index is 0.0105. The summed E-state index contributed by atoms with van der Waals surface area (Å²) in [4.78, 5) is 47.3. The lowest BCUT2D eigenvalue weighted by molar-refractivity contribution is -0.121. The molecule has 0 radical (unpaired) electrons. The first-order chi connectivity index (χ1) is 20.0. The van der Waals surface area contributed by atoms with E-state index in [4.69, 9.17) is 4.98 Å². The summed E-state index contributed by atoms with van der Waals surface area (Å²) in [5, 5.41) is 11.3. The van der Waals surface area contributed by atoms with Gasteiger partial charge in [-0.2, -0.15) is 5.10 Å². The van der Waals surface area contributed by atoms with E-state index in [1.807, 2.05) is 35.2 Å². The number of H-pyrrole nitrogens is 2. The summed E-state index contributed by atoms with van der Waals surface area (Å²) in [6.45, 7) is 3.42. The second-order valence-corrected chi connectivity index (χ2v) is 11.0. The van der Waals surface area contributed by atoms with E-state index in [1.165, 1.54) is 0 Å². The fraction of sp³-hybridized carbons (Fsp3) is 0.333. The van der Waals surface area contributed by atoms with Crippen LogP contribution in [0.3, 0.4) is 0 Å². The van der Waals surface area contributed by atoms with Crippen LogP contribution in [0.15, 0.2) is 48.9 Å². The van der Waals surface area contributed by atoms with Crippen molar-refractivity contribution in [1.82, 2.24) is 39.9 Å². The third-order valence-electron chi connectivity index (χ3n) is 8.21. The van der Waals surface area contributed by atoms with Crippen molar-refractivity contribution in [3.05, 3.63) is 54.5 Å². The Morgan fingerprint density at radius 3 is 2.63 bits per heavy atom. The van der Waals surface area contributed by atoms with Crippen molar-refractivity contribution < 1.29 is 9.59 Å². The van der Waals surface area contributed by atoms with Crippen LogP contribution in [0.2, 0.25) is 0 Å². The lowest BCUT2D eigenvalue weighted by atomic mass is 9.96. The molecule has 2 fully saturated rings. The van der Waals surface area contributed by atoms with Crippen LogP contribution < -0.4 is 5.32 Å². The number of benzene rings is 1. The predicted molar refractivity (Wildman–Crippen MR) is 156 cm³/mol. The molecular formula is C30H31N9O2. The van der Waals surface area contributed by atoms with Crippen molar-refractivity contribution in [3.63, 3.8) is 0 Å². The number of para-hydroxylation sites is 1. The van der Waals surface area contributed by atoms with E-state index in [2.05, 4.69) is 42.4 Å². The molecule has 0 bridgehead atoms. The Morgan fingerprint density at radius 2 is 1.80 bits per heavy atom. The molecule has 7 rings (SSSR count). The maximum absolute atomic E-state index is 13.2. The molecular weight excluding hydrogens is 518 g/mol. The van der Waals surface area contributed by atoms with E-state index in [9.17, 15) is 9.59 Å². The van der Waals surface area contributed by atoms with Gasteiger partial charge in [0.2, 0.25) is 5.91 Å². The molecule has 2 amide bonds. The fourth-order valence-electron chi connectivity index (χ4n) is 5.83. The quantitative estimate of drug-likeness (QED) is 0.301. The number of likely N-dealkylation sites (tertiary alicyclic amines) is 2. The van der Waals surface area contributed by atoms with E-state index >= 15 is 0 Å². The molecule has 2 saturated heterocycles. The summed E-state index contributed by atoms with van der Waals surface area (Å²) in [7, 11) is 2.08. The normalized spacial score (nSPS) is 16.6. The van der Waals surface area contributed by atoms with Crippen LogP contribution in [0.1, 0.15) is 36.0 Å².